The highest BCUT2D eigenvalue weighted by molar-refractivity contribution is 5.71. The molecule has 0 amide bonds. The molecule has 0 saturated carbocycles. The predicted octanol–water partition coefficient (Wildman–Crippen LogP) is 23.7. The lowest BCUT2D eigenvalue weighted by molar-refractivity contribution is -0.167. The van der Waals surface area contributed by atoms with Crippen LogP contribution in [0.3, 0.4) is 0 Å². The van der Waals surface area contributed by atoms with Crippen molar-refractivity contribution in [1.29, 1.82) is 0 Å². The van der Waals surface area contributed by atoms with Crippen LogP contribution in [0.4, 0.5) is 0 Å². The molecular formula is C73H130O6. The average Bonchev–Trinajstić information content (AvgIpc) is 3.45. The number of carbonyl (C=O) groups excluding carboxylic acids is 3. The fourth-order valence-corrected chi connectivity index (χ4v) is 9.95. The van der Waals surface area contributed by atoms with Crippen molar-refractivity contribution >= 4 is 17.9 Å². The first kappa shape index (κ1) is 75.8. The molecule has 1 unspecified atom stereocenters. The number of allylic oxidation sites excluding steroid dienone is 12. The number of carbonyl (C=O) groups is 3. The molecule has 0 aromatic rings. The number of unbranched alkanes of at least 4 members (excludes halogenated alkanes) is 40. The molecule has 6 heteroatoms. The molecule has 458 valence electrons. The highest BCUT2D eigenvalue weighted by atomic mass is 16.6. The lowest BCUT2D eigenvalue weighted by Gasteiger charge is -2.18. The number of hydrogen-bond donors (Lipinski definition) is 0. The second-order valence-electron chi connectivity index (χ2n) is 23.1. The van der Waals surface area contributed by atoms with E-state index in [1.54, 1.807) is 0 Å². The smallest absolute Gasteiger partial charge is 0.306 e. The van der Waals surface area contributed by atoms with Crippen molar-refractivity contribution in [3.63, 3.8) is 0 Å². The van der Waals surface area contributed by atoms with Gasteiger partial charge in [-0.1, -0.05) is 293 Å². The van der Waals surface area contributed by atoms with E-state index in [4.69, 9.17) is 14.2 Å². The third-order valence-electron chi connectivity index (χ3n) is 15.2. The Bertz CT molecular complexity index is 1450. The van der Waals surface area contributed by atoms with Crippen molar-refractivity contribution in [3.05, 3.63) is 72.9 Å². The summed E-state index contributed by atoms with van der Waals surface area (Å²) in [6.07, 6.45) is 87.9. The molecule has 6 nitrogen and oxygen atoms in total. The zero-order chi connectivity index (χ0) is 57.1. The fraction of sp³-hybridized carbons (Fsp3) is 0.795. The summed E-state index contributed by atoms with van der Waals surface area (Å²) < 4.78 is 16.9. The van der Waals surface area contributed by atoms with E-state index in [0.717, 1.165) is 103 Å². The van der Waals surface area contributed by atoms with Gasteiger partial charge in [0.2, 0.25) is 0 Å². The van der Waals surface area contributed by atoms with Crippen molar-refractivity contribution in [2.75, 3.05) is 13.2 Å². The molecule has 0 N–H and O–H groups in total. The van der Waals surface area contributed by atoms with Crippen LogP contribution < -0.4 is 0 Å². The van der Waals surface area contributed by atoms with Gasteiger partial charge in [-0.3, -0.25) is 14.4 Å². The highest BCUT2D eigenvalue weighted by Gasteiger charge is 2.19. The monoisotopic (exact) mass is 1100 g/mol. The van der Waals surface area contributed by atoms with Gasteiger partial charge in [-0.25, -0.2) is 0 Å². The topological polar surface area (TPSA) is 78.9 Å². The second kappa shape index (κ2) is 67.4. The molecule has 0 fully saturated rings. The van der Waals surface area contributed by atoms with Crippen LogP contribution in [0.2, 0.25) is 0 Å². The minimum atomic E-state index is -0.785. The standard InChI is InChI=1S/C73H130O6/c1-4-7-10-13-16-19-22-25-27-29-30-31-32-33-34-35-36-37-38-39-40-41-42-43-44-45-47-48-51-54-57-60-63-66-72(75)78-69-70(68-77-71(74)65-62-59-56-53-50-24-21-18-15-12-9-6-3)79-73(76)67-64-61-58-55-52-49-46-28-26-23-20-17-14-11-8-5-2/h18,20-23,25,28-30,32-33,46,70H,4-17,19,24,26-27,31,34-45,47-69H2,1-3H3/b21-18-,23-20-,25-22-,30-29-,33-32-,46-28-. The Balaban J connectivity index is 4.13. The summed E-state index contributed by atoms with van der Waals surface area (Å²) in [5.41, 5.74) is 0. The molecule has 0 rings (SSSR count). The number of ether oxygens (including phenoxy) is 3. The van der Waals surface area contributed by atoms with Gasteiger partial charge in [-0.05, 0) is 116 Å². The summed E-state index contributed by atoms with van der Waals surface area (Å²) in [6.45, 7) is 6.61. The second-order valence-corrected chi connectivity index (χ2v) is 23.1. The predicted molar refractivity (Wildman–Crippen MR) is 344 cm³/mol. The molecule has 0 aliphatic carbocycles. The number of hydrogen-bond acceptors (Lipinski definition) is 6. The van der Waals surface area contributed by atoms with E-state index in [9.17, 15) is 14.4 Å². The number of rotatable bonds is 63. The molecule has 0 heterocycles. The van der Waals surface area contributed by atoms with Crippen molar-refractivity contribution in [2.24, 2.45) is 0 Å². The maximum Gasteiger partial charge on any atom is 0.306 e. The first-order chi connectivity index (χ1) is 39.0. The van der Waals surface area contributed by atoms with Crippen LogP contribution in [-0.2, 0) is 28.6 Å². The summed E-state index contributed by atoms with van der Waals surface area (Å²) in [5.74, 6) is -0.888. The van der Waals surface area contributed by atoms with Crippen LogP contribution in [-0.4, -0.2) is 37.2 Å². The van der Waals surface area contributed by atoms with Gasteiger partial charge in [0.15, 0.2) is 6.10 Å². The lowest BCUT2D eigenvalue weighted by atomic mass is 10.0. The van der Waals surface area contributed by atoms with Crippen LogP contribution in [0.1, 0.15) is 355 Å². The summed E-state index contributed by atoms with van der Waals surface area (Å²) in [5, 5.41) is 0. The van der Waals surface area contributed by atoms with Gasteiger partial charge >= 0.3 is 17.9 Å². The molecule has 1 atom stereocenters. The maximum absolute atomic E-state index is 12.9. The third kappa shape index (κ3) is 65.5. The average molecular weight is 1100 g/mol. The molecule has 0 aromatic carbocycles. The van der Waals surface area contributed by atoms with E-state index in [1.807, 2.05) is 0 Å². The molecule has 0 aromatic heterocycles. The Labute approximate surface area is 491 Å². The molecule has 0 aliphatic heterocycles. The minimum absolute atomic E-state index is 0.0806. The van der Waals surface area contributed by atoms with Gasteiger partial charge in [0.05, 0.1) is 0 Å². The van der Waals surface area contributed by atoms with E-state index >= 15 is 0 Å². The Kier molecular flexibility index (Phi) is 64.7. The molecule has 0 radical (unpaired) electrons. The Morgan fingerprint density at radius 3 is 0.759 bits per heavy atom. The molecule has 0 saturated heterocycles. The van der Waals surface area contributed by atoms with Crippen molar-refractivity contribution < 1.29 is 28.6 Å². The number of esters is 3. The van der Waals surface area contributed by atoms with Crippen LogP contribution >= 0.6 is 0 Å². The van der Waals surface area contributed by atoms with Crippen LogP contribution in [0, 0.1) is 0 Å². The molecule has 0 aliphatic rings. The quantitative estimate of drug-likeness (QED) is 0.0261. The first-order valence-corrected chi connectivity index (χ1v) is 34.4. The van der Waals surface area contributed by atoms with Crippen molar-refractivity contribution in [2.45, 2.75) is 361 Å². The van der Waals surface area contributed by atoms with E-state index in [1.165, 1.54) is 212 Å². The minimum Gasteiger partial charge on any atom is -0.462 e. The van der Waals surface area contributed by atoms with Gasteiger partial charge in [0, 0.05) is 19.3 Å². The molecule has 0 spiro atoms. The lowest BCUT2D eigenvalue weighted by Crippen LogP contribution is -2.30. The summed E-state index contributed by atoms with van der Waals surface area (Å²) in [7, 11) is 0. The summed E-state index contributed by atoms with van der Waals surface area (Å²) >= 11 is 0. The van der Waals surface area contributed by atoms with Crippen LogP contribution in [0.15, 0.2) is 72.9 Å². The normalized spacial score (nSPS) is 12.5. The van der Waals surface area contributed by atoms with Crippen molar-refractivity contribution in [1.82, 2.24) is 0 Å². The van der Waals surface area contributed by atoms with Gasteiger partial charge in [0.25, 0.3) is 0 Å². The molecular weight excluding hydrogens is 973 g/mol. The van der Waals surface area contributed by atoms with Gasteiger partial charge < -0.3 is 14.2 Å². The van der Waals surface area contributed by atoms with E-state index in [0.29, 0.717) is 19.3 Å². The fourth-order valence-electron chi connectivity index (χ4n) is 9.95. The summed E-state index contributed by atoms with van der Waals surface area (Å²) in [4.78, 5) is 38.3. The first-order valence-electron chi connectivity index (χ1n) is 34.4. The summed E-state index contributed by atoms with van der Waals surface area (Å²) in [6, 6.07) is 0. The Hall–Kier alpha value is -3.15. The van der Waals surface area contributed by atoms with Gasteiger partial charge in [-0.15, -0.1) is 0 Å². The van der Waals surface area contributed by atoms with E-state index < -0.39 is 6.10 Å². The van der Waals surface area contributed by atoms with E-state index in [-0.39, 0.29) is 31.1 Å². The van der Waals surface area contributed by atoms with Crippen LogP contribution in [0.5, 0.6) is 0 Å². The zero-order valence-corrected chi connectivity index (χ0v) is 52.6. The Morgan fingerprint density at radius 2 is 0.456 bits per heavy atom. The van der Waals surface area contributed by atoms with Crippen molar-refractivity contribution in [3.8, 4) is 0 Å². The van der Waals surface area contributed by atoms with Gasteiger partial charge in [-0.2, -0.15) is 0 Å². The van der Waals surface area contributed by atoms with Crippen LogP contribution in [0.25, 0.3) is 0 Å². The van der Waals surface area contributed by atoms with E-state index in [2.05, 4.69) is 93.7 Å². The molecule has 0 bridgehead atoms. The SMILES string of the molecule is CCCCC/C=C\CCCCCCCC(=O)OCC(COC(=O)CCCCCCCCCCCCCCCCCCCC/C=C\C/C=C\C/C=C\CCCCCCC)OC(=O)CCCCCCC/C=C\C/C=C\CCCCCC. The largest absolute Gasteiger partial charge is 0.462 e. The van der Waals surface area contributed by atoms with Gasteiger partial charge in [0.1, 0.15) is 13.2 Å². The maximum atomic E-state index is 12.9. The molecule has 79 heavy (non-hydrogen) atoms. The highest BCUT2D eigenvalue weighted by Crippen LogP contribution is 2.17. The third-order valence-corrected chi connectivity index (χ3v) is 15.2. The Morgan fingerprint density at radius 1 is 0.253 bits per heavy atom. The zero-order valence-electron chi connectivity index (χ0n) is 52.6.